The van der Waals surface area contributed by atoms with Gasteiger partial charge in [0.2, 0.25) is 17.7 Å². The molecule has 2 atom stereocenters. The number of hydrogen-bond acceptors (Lipinski definition) is 6. The number of aromatic nitrogens is 2. The van der Waals surface area contributed by atoms with Gasteiger partial charge in [-0.3, -0.25) is 4.79 Å². The van der Waals surface area contributed by atoms with Gasteiger partial charge >= 0.3 is 0 Å². The molecule has 5 rings (SSSR count). The Labute approximate surface area is 256 Å². The van der Waals surface area contributed by atoms with E-state index in [0.717, 1.165) is 59.1 Å². The van der Waals surface area contributed by atoms with Crippen LogP contribution in [0.25, 0.3) is 33.6 Å². The lowest BCUT2D eigenvalue weighted by Crippen LogP contribution is -2.25. The Hall–Kier alpha value is -3.65. The topological polar surface area (TPSA) is 99.4 Å². The number of amides is 1. The summed E-state index contributed by atoms with van der Waals surface area (Å²) in [7, 11) is 3.20. The number of benzene rings is 2. The van der Waals surface area contributed by atoms with E-state index in [9.17, 15) is 4.79 Å². The van der Waals surface area contributed by atoms with Crippen molar-refractivity contribution in [3.05, 3.63) is 81.8 Å². The van der Waals surface area contributed by atoms with Crippen molar-refractivity contribution in [3.8, 4) is 45.4 Å². The second-order valence-corrected chi connectivity index (χ2v) is 11.2. The zero-order chi connectivity index (χ0) is 29.8. The highest BCUT2D eigenvalue weighted by Gasteiger charge is 2.21. The number of nitrogens with zero attached hydrogens (tertiary/aromatic N) is 2. The van der Waals surface area contributed by atoms with Crippen molar-refractivity contribution >= 4 is 29.1 Å². The van der Waals surface area contributed by atoms with Gasteiger partial charge in [0.15, 0.2) is 0 Å². The first-order valence-corrected chi connectivity index (χ1v) is 14.8. The Morgan fingerprint density at radius 2 is 1.45 bits per heavy atom. The van der Waals surface area contributed by atoms with Crippen molar-refractivity contribution in [2.75, 3.05) is 14.2 Å². The largest absolute Gasteiger partial charge is 0.481 e. The van der Waals surface area contributed by atoms with Gasteiger partial charge in [0.05, 0.1) is 35.7 Å². The standard InChI is InChI=1S/C33H34Cl2N4O3/c1-19(36)22-15-17-28(39-33(22)42-3)26-12-6-10-24(31(26)35)23-9-5-11-25(30(23)34)27-16-13-20(32(38-27)41-2)7-4-8-21-14-18-29(40)37-21/h5-6,9-13,15-17,19,21H,4,7-8,14,18,36H2,1-3H3,(H,37,40)/t19-,21+/m0/s1. The minimum absolute atomic E-state index is 0.142. The molecule has 2 aromatic carbocycles. The second kappa shape index (κ2) is 13.1. The molecule has 0 unspecified atom stereocenters. The van der Waals surface area contributed by atoms with Crippen LogP contribution in [0.5, 0.6) is 11.8 Å². The van der Waals surface area contributed by atoms with Crippen molar-refractivity contribution in [2.45, 2.75) is 51.1 Å². The number of halogens is 2. The molecule has 1 aliphatic heterocycles. The fourth-order valence-corrected chi connectivity index (χ4v) is 6.06. The molecule has 0 aliphatic carbocycles. The summed E-state index contributed by atoms with van der Waals surface area (Å²) in [4.78, 5) is 21.0. The number of nitrogens with two attached hydrogens (primary N) is 1. The second-order valence-electron chi connectivity index (χ2n) is 10.5. The molecule has 1 amide bonds. The van der Waals surface area contributed by atoms with E-state index >= 15 is 0 Å². The van der Waals surface area contributed by atoms with Gasteiger partial charge in [-0.05, 0) is 50.8 Å². The van der Waals surface area contributed by atoms with Gasteiger partial charge in [0, 0.05) is 51.9 Å². The first-order chi connectivity index (χ1) is 20.3. The highest BCUT2D eigenvalue weighted by atomic mass is 35.5. The average Bonchev–Trinajstić information content (AvgIpc) is 3.42. The van der Waals surface area contributed by atoms with Crippen LogP contribution in [0.4, 0.5) is 0 Å². The molecule has 0 spiro atoms. The van der Waals surface area contributed by atoms with Crippen LogP contribution in [0.3, 0.4) is 0 Å². The minimum Gasteiger partial charge on any atom is -0.481 e. The lowest BCUT2D eigenvalue weighted by molar-refractivity contribution is -0.119. The quantitative estimate of drug-likeness (QED) is 0.195. The molecule has 1 fully saturated rings. The van der Waals surface area contributed by atoms with Gasteiger partial charge in [0.1, 0.15) is 0 Å². The van der Waals surface area contributed by atoms with Gasteiger partial charge in [-0.1, -0.05) is 65.7 Å². The van der Waals surface area contributed by atoms with Crippen LogP contribution >= 0.6 is 23.2 Å². The first kappa shape index (κ1) is 29.8. The van der Waals surface area contributed by atoms with E-state index in [0.29, 0.717) is 39.6 Å². The molecule has 0 saturated carbocycles. The third-order valence-electron chi connectivity index (χ3n) is 7.63. The summed E-state index contributed by atoms with van der Waals surface area (Å²) in [5.41, 5.74) is 12.4. The molecule has 3 N–H and O–H groups in total. The Balaban J connectivity index is 1.43. The predicted molar refractivity (Wildman–Crippen MR) is 168 cm³/mol. The molecule has 0 radical (unpaired) electrons. The number of ether oxygens (including phenoxy) is 2. The number of carbonyl (C=O) groups excluding carboxylic acids is 1. The maximum Gasteiger partial charge on any atom is 0.220 e. The monoisotopic (exact) mass is 604 g/mol. The maximum absolute atomic E-state index is 11.5. The summed E-state index contributed by atoms with van der Waals surface area (Å²) < 4.78 is 11.2. The molecule has 218 valence electrons. The number of pyridine rings is 2. The molecule has 0 bridgehead atoms. The molecule has 1 saturated heterocycles. The summed E-state index contributed by atoms with van der Waals surface area (Å²) in [6, 6.07) is 19.5. The molecule has 9 heteroatoms. The normalized spacial score (nSPS) is 15.4. The highest BCUT2D eigenvalue weighted by Crippen LogP contribution is 2.42. The summed E-state index contributed by atoms with van der Waals surface area (Å²) in [5.74, 6) is 1.18. The number of nitrogens with one attached hydrogen (secondary N) is 1. The summed E-state index contributed by atoms with van der Waals surface area (Å²) in [6.45, 7) is 1.89. The van der Waals surface area contributed by atoms with E-state index in [1.807, 2.05) is 67.6 Å². The van der Waals surface area contributed by atoms with Crippen LogP contribution in [0.1, 0.15) is 49.8 Å². The van der Waals surface area contributed by atoms with E-state index in [4.69, 9.17) is 43.4 Å². The average molecular weight is 606 g/mol. The van der Waals surface area contributed by atoms with Gasteiger partial charge in [0.25, 0.3) is 0 Å². The molecule has 1 aliphatic rings. The van der Waals surface area contributed by atoms with Crippen LogP contribution in [-0.4, -0.2) is 36.1 Å². The summed E-state index contributed by atoms with van der Waals surface area (Å²) in [6.07, 6.45) is 4.19. The van der Waals surface area contributed by atoms with Crippen molar-refractivity contribution in [2.24, 2.45) is 5.73 Å². The number of aryl methyl sites for hydroxylation is 1. The first-order valence-electron chi connectivity index (χ1n) is 14.0. The number of hydrogen-bond donors (Lipinski definition) is 2. The van der Waals surface area contributed by atoms with E-state index in [2.05, 4.69) is 10.3 Å². The van der Waals surface area contributed by atoms with E-state index in [-0.39, 0.29) is 18.0 Å². The Kier molecular flexibility index (Phi) is 9.31. The van der Waals surface area contributed by atoms with Crippen LogP contribution in [-0.2, 0) is 11.2 Å². The lowest BCUT2D eigenvalue weighted by atomic mass is 9.97. The predicted octanol–water partition coefficient (Wildman–Crippen LogP) is 7.42. The Morgan fingerprint density at radius 3 is 2.00 bits per heavy atom. The molecular weight excluding hydrogens is 571 g/mol. The zero-order valence-corrected chi connectivity index (χ0v) is 25.4. The maximum atomic E-state index is 11.5. The molecular formula is C33H34Cl2N4O3. The fraction of sp³-hybridized carbons (Fsp3) is 0.303. The highest BCUT2D eigenvalue weighted by molar-refractivity contribution is 6.39. The van der Waals surface area contributed by atoms with Gasteiger partial charge in [-0.25, -0.2) is 9.97 Å². The van der Waals surface area contributed by atoms with Gasteiger partial charge < -0.3 is 20.5 Å². The summed E-state index contributed by atoms with van der Waals surface area (Å²) in [5, 5.41) is 4.09. The van der Waals surface area contributed by atoms with Crippen molar-refractivity contribution in [3.63, 3.8) is 0 Å². The van der Waals surface area contributed by atoms with Gasteiger partial charge in [-0.15, -0.1) is 0 Å². The number of carbonyl (C=O) groups is 1. The molecule has 7 nitrogen and oxygen atoms in total. The number of methoxy groups -OCH3 is 2. The minimum atomic E-state index is -0.215. The van der Waals surface area contributed by atoms with Crippen LogP contribution in [0.15, 0.2) is 60.7 Å². The SMILES string of the molecule is COc1nc(-c2cccc(-c3cccc(-c4ccc([C@H](C)N)c(OC)n4)c3Cl)c2Cl)ccc1CCC[C@@H]1CCC(=O)N1. The lowest BCUT2D eigenvalue weighted by Gasteiger charge is -2.16. The fourth-order valence-electron chi connectivity index (χ4n) is 5.41. The molecule has 3 heterocycles. The number of rotatable bonds is 10. The molecule has 4 aromatic rings. The summed E-state index contributed by atoms with van der Waals surface area (Å²) >= 11 is 14.0. The van der Waals surface area contributed by atoms with Gasteiger partial charge in [-0.2, -0.15) is 0 Å². The van der Waals surface area contributed by atoms with Crippen molar-refractivity contribution in [1.29, 1.82) is 0 Å². The van der Waals surface area contributed by atoms with Crippen LogP contribution in [0.2, 0.25) is 10.0 Å². The molecule has 2 aromatic heterocycles. The smallest absolute Gasteiger partial charge is 0.220 e. The zero-order valence-electron chi connectivity index (χ0n) is 23.9. The Morgan fingerprint density at radius 1 is 0.881 bits per heavy atom. The molecule has 42 heavy (non-hydrogen) atoms. The van der Waals surface area contributed by atoms with E-state index in [1.165, 1.54) is 0 Å². The van der Waals surface area contributed by atoms with Crippen molar-refractivity contribution in [1.82, 2.24) is 15.3 Å². The van der Waals surface area contributed by atoms with E-state index in [1.54, 1.807) is 14.2 Å². The van der Waals surface area contributed by atoms with E-state index < -0.39 is 0 Å². The Bertz CT molecular complexity index is 1610. The van der Waals surface area contributed by atoms with Crippen LogP contribution < -0.4 is 20.5 Å². The third-order valence-corrected chi connectivity index (χ3v) is 8.44. The van der Waals surface area contributed by atoms with Crippen molar-refractivity contribution < 1.29 is 14.3 Å². The third kappa shape index (κ3) is 6.24. The van der Waals surface area contributed by atoms with Crippen LogP contribution in [0, 0.1) is 0 Å².